The van der Waals surface area contributed by atoms with Crippen LogP contribution in [-0.4, -0.2) is 27.3 Å². The van der Waals surface area contributed by atoms with Crippen molar-refractivity contribution in [1.82, 2.24) is 5.43 Å². The number of hydrazone groups is 1. The lowest BCUT2D eigenvalue weighted by Gasteiger charge is -2.08. The zero-order valence-electron chi connectivity index (χ0n) is 11.5. The molecule has 118 valence electrons. The number of hydrogen-bond acceptors (Lipinski definition) is 7. The van der Waals surface area contributed by atoms with Crippen molar-refractivity contribution in [1.29, 1.82) is 0 Å². The number of nitro benzene ring substituents is 1. The summed E-state index contributed by atoms with van der Waals surface area (Å²) in [5, 5.41) is 44.2. The Morgan fingerprint density at radius 1 is 1.17 bits per heavy atom. The van der Waals surface area contributed by atoms with Gasteiger partial charge in [-0.1, -0.05) is 11.8 Å². The van der Waals surface area contributed by atoms with Gasteiger partial charge in [-0.3, -0.25) is 14.9 Å². The first-order valence-electron chi connectivity index (χ1n) is 6.19. The monoisotopic (exact) mass is 316 g/mol. The standard InChI is InChI=1S/C14H11N3O6/c18-11-4-2-10(17(22)23)5-9(11)7-15-16-14(21)8-1-3-12(19)13(20)6-8/h1-7,18-20H,(H,16,21)/p-1/b15-7+. The van der Waals surface area contributed by atoms with Crippen LogP contribution in [0.3, 0.4) is 0 Å². The minimum absolute atomic E-state index is 0.0267. The van der Waals surface area contributed by atoms with E-state index in [-0.39, 0.29) is 22.6 Å². The van der Waals surface area contributed by atoms with Gasteiger partial charge in [-0.2, -0.15) is 5.10 Å². The number of nitro groups is 1. The number of phenolic OH excluding ortho intramolecular Hbond substituents is 2. The number of hydrogen-bond donors (Lipinski definition) is 3. The molecule has 0 unspecified atom stereocenters. The van der Waals surface area contributed by atoms with Crippen LogP contribution in [0.4, 0.5) is 5.69 Å². The van der Waals surface area contributed by atoms with Crippen molar-refractivity contribution in [2.75, 3.05) is 0 Å². The molecular weight excluding hydrogens is 306 g/mol. The lowest BCUT2D eigenvalue weighted by atomic mass is 10.2. The molecule has 0 fully saturated rings. The van der Waals surface area contributed by atoms with Crippen LogP contribution in [0.25, 0.3) is 0 Å². The summed E-state index contributed by atoms with van der Waals surface area (Å²) in [7, 11) is 0. The Kier molecular flexibility index (Phi) is 4.41. The van der Waals surface area contributed by atoms with Gasteiger partial charge in [0.05, 0.1) is 11.1 Å². The summed E-state index contributed by atoms with van der Waals surface area (Å²) >= 11 is 0. The second-order valence-electron chi connectivity index (χ2n) is 4.38. The van der Waals surface area contributed by atoms with Gasteiger partial charge in [0.25, 0.3) is 11.6 Å². The Labute approximate surface area is 129 Å². The Balaban J connectivity index is 2.12. The van der Waals surface area contributed by atoms with Crippen molar-refractivity contribution < 1.29 is 25.0 Å². The molecule has 0 aliphatic heterocycles. The SMILES string of the molecule is O=C(N/N=C/c1cc([N+](=O)[O-])ccc1[O-])c1ccc(O)c(O)c1. The molecule has 2 aromatic carbocycles. The van der Waals surface area contributed by atoms with E-state index in [1.54, 1.807) is 0 Å². The highest BCUT2D eigenvalue weighted by molar-refractivity contribution is 5.95. The molecule has 0 bridgehead atoms. The Bertz CT molecular complexity index is 803. The van der Waals surface area contributed by atoms with Crippen LogP contribution in [0.2, 0.25) is 0 Å². The first kappa shape index (κ1) is 15.8. The van der Waals surface area contributed by atoms with E-state index in [1.807, 2.05) is 0 Å². The lowest BCUT2D eigenvalue weighted by molar-refractivity contribution is -0.385. The van der Waals surface area contributed by atoms with Gasteiger partial charge < -0.3 is 15.3 Å². The molecule has 3 N–H and O–H groups in total. The van der Waals surface area contributed by atoms with Gasteiger partial charge in [0.2, 0.25) is 0 Å². The number of benzene rings is 2. The summed E-state index contributed by atoms with van der Waals surface area (Å²) in [6.07, 6.45) is 0.980. The molecule has 9 heteroatoms. The van der Waals surface area contributed by atoms with Crippen LogP contribution in [-0.2, 0) is 0 Å². The predicted octanol–water partition coefficient (Wildman–Crippen LogP) is 0.843. The Morgan fingerprint density at radius 2 is 1.91 bits per heavy atom. The fourth-order valence-electron chi connectivity index (χ4n) is 1.64. The lowest BCUT2D eigenvalue weighted by Crippen LogP contribution is -2.17. The highest BCUT2D eigenvalue weighted by Crippen LogP contribution is 2.24. The molecule has 0 aliphatic carbocycles. The van der Waals surface area contributed by atoms with Crippen LogP contribution >= 0.6 is 0 Å². The van der Waals surface area contributed by atoms with E-state index < -0.39 is 22.3 Å². The first-order chi connectivity index (χ1) is 10.9. The number of amides is 1. The number of aromatic hydroxyl groups is 2. The van der Waals surface area contributed by atoms with E-state index in [4.69, 9.17) is 5.11 Å². The second kappa shape index (κ2) is 6.43. The van der Waals surface area contributed by atoms with Crippen molar-refractivity contribution in [3.63, 3.8) is 0 Å². The largest absolute Gasteiger partial charge is 0.872 e. The topological polar surface area (TPSA) is 148 Å². The normalized spacial score (nSPS) is 10.6. The van der Waals surface area contributed by atoms with Crippen molar-refractivity contribution in [3.8, 4) is 17.2 Å². The number of non-ortho nitro benzene ring substituents is 1. The highest BCUT2D eigenvalue weighted by Gasteiger charge is 2.08. The van der Waals surface area contributed by atoms with Crippen molar-refractivity contribution in [3.05, 3.63) is 57.6 Å². The van der Waals surface area contributed by atoms with Gasteiger partial charge in [0.15, 0.2) is 11.5 Å². The fourth-order valence-corrected chi connectivity index (χ4v) is 1.64. The van der Waals surface area contributed by atoms with E-state index in [2.05, 4.69) is 10.5 Å². The van der Waals surface area contributed by atoms with Gasteiger partial charge in [0, 0.05) is 17.7 Å². The number of carbonyl (C=O) groups is 1. The molecule has 0 saturated carbocycles. The maximum Gasteiger partial charge on any atom is 0.271 e. The summed E-state index contributed by atoms with van der Waals surface area (Å²) in [4.78, 5) is 21.7. The quantitative estimate of drug-likeness (QED) is 0.329. The molecule has 0 aliphatic rings. The summed E-state index contributed by atoms with van der Waals surface area (Å²) in [6.45, 7) is 0. The van der Waals surface area contributed by atoms with E-state index in [0.717, 1.165) is 36.5 Å². The van der Waals surface area contributed by atoms with Crippen LogP contribution in [0, 0.1) is 10.1 Å². The average Bonchev–Trinajstić information content (AvgIpc) is 2.51. The smallest absolute Gasteiger partial charge is 0.271 e. The summed E-state index contributed by atoms with van der Waals surface area (Å²) < 4.78 is 0. The van der Waals surface area contributed by atoms with Gasteiger partial charge in [-0.05, 0) is 23.8 Å². The minimum Gasteiger partial charge on any atom is -0.872 e. The fraction of sp³-hybridized carbons (Fsp3) is 0. The molecule has 2 aromatic rings. The van der Waals surface area contributed by atoms with Gasteiger partial charge >= 0.3 is 0 Å². The summed E-state index contributed by atoms with van der Waals surface area (Å²) in [5.74, 6) is -2.04. The van der Waals surface area contributed by atoms with E-state index >= 15 is 0 Å². The molecule has 0 radical (unpaired) electrons. The second-order valence-corrected chi connectivity index (χ2v) is 4.38. The highest BCUT2D eigenvalue weighted by atomic mass is 16.6. The van der Waals surface area contributed by atoms with Gasteiger partial charge in [-0.15, -0.1) is 0 Å². The minimum atomic E-state index is -0.700. The Morgan fingerprint density at radius 3 is 2.57 bits per heavy atom. The Hall–Kier alpha value is -3.62. The van der Waals surface area contributed by atoms with Crippen molar-refractivity contribution >= 4 is 17.8 Å². The van der Waals surface area contributed by atoms with E-state index in [1.165, 1.54) is 6.07 Å². The molecule has 0 atom stereocenters. The van der Waals surface area contributed by atoms with Gasteiger partial charge in [-0.25, -0.2) is 5.43 Å². The molecule has 23 heavy (non-hydrogen) atoms. The first-order valence-corrected chi connectivity index (χ1v) is 6.19. The molecule has 9 nitrogen and oxygen atoms in total. The molecule has 0 heterocycles. The number of phenols is 2. The van der Waals surface area contributed by atoms with Gasteiger partial charge in [0.1, 0.15) is 0 Å². The van der Waals surface area contributed by atoms with Crippen LogP contribution in [0.1, 0.15) is 15.9 Å². The predicted molar refractivity (Wildman–Crippen MR) is 77.4 cm³/mol. The third-order valence-electron chi connectivity index (χ3n) is 2.81. The van der Waals surface area contributed by atoms with Crippen molar-refractivity contribution in [2.24, 2.45) is 5.10 Å². The molecule has 1 amide bonds. The van der Waals surface area contributed by atoms with Crippen LogP contribution < -0.4 is 10.5 Å². The molecule has 0 aromatic heterocycles. The van der Waals surface area contributed by atoms with Crippen LogP contribution in [0.15, 0.2) is 41.5 Å². The maximum absolute atomic E-state index is 11.8. The maximum atomic E-state index is 11.8. The molecule has 0 saturated heterocycles. The zero-order valence-corrected chi connectivity index (χ0v) is 11.5. The number of nitrogens with one attached hydrogen (secondary N) is 1. The summed E-state index contributed by atoms with van der Waals surface area (Å²) in [6, 6.07) is 6.55. The third-order valence-corrected chi connectivity index (χ3v) is 2.81. The number of rotatable bonds is 4. The molecule has 2 rings (SSSR count). The number of nitrogens with zero attached hydrogens (tertiary/aromatic N) is 2. The van der Waals surface area contributed by atoms with E-state index in [0.29, 0.717) is 0 Å². The average molecular weight is 316 g/mol. The van der Waals surface area contributed by atoms with Crippen molar-refractivity contribution in [2.45, 2.75) is 0 Å². The van der Waals surface area contributed by atoms with E-state index in [9.17, 15) is 25.1 Å². The van der Waals surface area contributed by atoms with Crippen LogP contribution in [0.5, 0.6) is 17.2 Å². The molecular formula is C14H10N3O6-. The molecule has 0 spiro atoms. The third kappa shape index (κ3) is 3.73. The summed E-state index contributed by atoms with van der Waals surface area (Å²) in [5.41, 5.74) is 1.79. The number of carbonyl (C=O) groups excluding carboxylic acids is 1. The zero-order chi connectivity index (χ0) is 17.0.